The number of nitrogens with one attached hydrogen (secondary N) is 4. The number of methoxy groups -OCH3 is 1. The zero-order valence-corrected chi connectivity index (χ0v) is 13.6. The quantitative estimate of drug-likeness (QED) is 0.531. The van der Waals surface area contributed by atoms with Gasteiger partial charge in [0.15, 0.2) is 5.69 Å². The predicted molar refractivity (Wildman–Crippen MR) is 88.8 cm³/mol. The van der Waals surface area contributed by atoms with Crippen LogP contribution in [0.2, 0.25) is 0 Å². The SMILES string of the molecule is COc1ccc(-c2cc(C(=O)NNC(=O)c3cc(C)[nH]n3)[nH]n2)cc1. The molecule has 25 heavy (non-hydrogen) atoms. The van der Waals surface area contributed by atoms with Gasteiger partial charge in [0.25, 0.3) is 11.8 Å². The summed E-state index contributed by atoms with van der Waals surface area (Å²) < 4.78 is 5.10. The molecule has 9 nitrogen and oxygen atoms in total. The smallest absolute Gasteiger partial charge is 0.290 e. The Labute approximate surface area is 142 Å². The van der Waals surface area contributed by atoms with Crippen molar-refractivity contribution in [1.29, 1.82) is 0 Å². The third-order valence-corrected chi connectivity index (χ3v) is 3.44. The van der Waals surface area contributed by atoms with Crippen LogP contribution in [0.3, 0.4) is 0 Å². The molecule has 0 spiro atoms. The fraction of sp³-hybridized carbons (Fsp3) is 0.125. The van der Waals surface area contributed by atoms with Gasteiger partial charge in [-0.05, 0) is 43.3 Å². The second kappa shape index (κ2) is 6.87. The topological polar surface area (TPSA) is 125 Å². The van der Waals surface area contributed by atoms with E-state index >= 15 is 0 Å². The van der Waals surface area contributed by atoms with Gasteiger partial charge in [0, 0.05) is 11.3 Å². The van der Waals surface area contributed by atoms with Crippen molar-refractivity contribution in [2.24, 2.45) is 0 Å². The molecule has 0 fully saturated rings. The summed E-state index contributed by atoms with van der Waals surface area (Å²) >= 11 is 0. The summed E-state index contributed by atoms with van der Waals surface area (Å²) in [6.45, 7) is 1.77. The number of amides is 2. The summed E-state index contributed by atoms with van der Waals surface area (Å²) in [5, 5.41) is 13.2. The highest BCUT2D eigenvalue weighted by Crippen LogP contribution is 2.20. The molecule has 0 saturated carbocycles. The average molecular weight is 340 g/mol. The Balaban J connectivity index is 1.63. The Morgan fingerprint density at radius 2 is 1.72 bits per heavy atom. The van der Waals surface area contributed by atoms with E-state index in [1.54, 1.807) is 38.3 Å². The number of hydrogen-bond acceptors (Lipinski definition) is 5. The molecule has 3 rings (SSSR count). The van der Waals surface area contributed by atoms with Gasteiger partial charge in [-0.25, -0.2) is 0 Å². The van der Waals surface area contributed by atoms with Gasteiger partial charge in [-0.3, -0.25) is 30.6 Å². The zero-order valence-electron chi connectivity index (χ0n) is 13.6. The first-order chi connectivity index (χ1) is 12.1. The number of hydrazine groups is 1. The number of hydrogen-bond donors (Lipinski definition) is 4. The lowest BCUT2D eigenvalue weighted by atomic mass is 10.1. The number of H-pyrrole nitrogens is 2. The van der Waals surface area contributed by atoms with Crippen LogP contribution in [-0.2, 0) is 0 Å². The molecule has 2 heterocycles. The van der Waals surface area contributed by atoms with Crippen molar-refractivity contribution in [2.45, 2.75) is 6.92 Å². The molecular formula is C16H16N6O3. The largest absolute Gasteiger partial charge is 0.497 e. The Morgan fingerprint density at radius 3 is 2.36 bits per heavy atom. The lowest BCUT2D eigenvalue weighted by Crippen LogP contribution is -2.41. The van der Waals surface area contributed by atoms with E-state index in [2.05, 4.69) is 31.2 Å². The van der Waals surface area contributed by atoms with Crippen molar-refractivity contribution < 1.29 is 14.3 Å². The van der Waals surface area contributed by atoms with Crippen LogP contribution in [0.15, 0.2) is 36.4 Å². The Hall–Kier alpha value is -3.62. The van der Waals surface area contributed by atoms with Crippen LogP contribution >= 0.6 is 0 Å². The highest BCUT2D eigenvalue weighted by atomic mass is 16.5. The number of ether oxygens (including phenoxy) is 1. The molecule has 0 saturated heterocycles. The summed E-state index contributed by atoms with van der Waals surface area (Å²) in [7, 11) is 1.59. The lowest BCUT2D eigenvalue weighted by molar-refractivity contribution is 0.0841. The molecule has 2 amide bonds. The molecule has 0 unspecified atom stereocenters. The Morgan fingerprint density at radius 1 is 1.00 bits per heavy atom. The normalized spacial score (nSPS) is 10.3. The fourth-order valence-corrected chi connectivity index (χ4v) is 2.13. The molecular weight excluding hydrogens is 324 g/mol. The summed E-state index contributed by atoms with van der Waals surface area (Å²) in [4.78, 5) is 23.9. The van der Waals surface area contributed by atoms with E-state index in [9.17, 15) is 9.59 Å². The zero-order chi connectivity index (χ0) is 17.8. The number of benzene rings is 1. The number of rotatable bonds is 4. The van der Waals surface area contributed by atoms with Crippen LogP contribution in [0.1, 0.15) is 26.7 Å². The third kappa shape index (κ3) is 3.66. The van der Waals surface area contributed by atoms with Crippen LogP contribution in [0.5, 0.6) is 5.75 Å². The van der Waals surface area contributed by atoms with Gasteiger partial charge in [0.2, 0.25) is 0 Å². The van der Waals surface area contributed by atoms with E-state index in [1.165, 1.54) is 0 Å². The van der Waals surface area contributed by atoms with E-state index in [-0.39, 0.29) is 11.4 Å². The molecule has 1 aromatic carbocycles. The predicted octanol–water partition coefficient (Wildman–Crippen LogP) is 1.19. The summed E-state index contributed by atoms with van der Waals surface area (Å²) in [5.74, 6) is -0.311. The molecule has 0 radical (unpaired) electrons. The monoisotopic (exact) mass is 340 g/mol. The van der Waals surface area contributed by atoms with Gasteiger partial charge >= 0.3 is 0 Å². The van der Waals surface area contributed by atoms with Gasteiger partial charge in [0.05, 0.1) is 12.8 Å². The van der Waals surface area contributed by atoms with Crippen LogP contribution < -0.4 is 15.6 Å². The molecule has 0 atom stereocenters. The minimum Gasteiger partial charge on any atom is -0.497 e. The number of aryl methyl sites for hydroxylation is 1. The van der Waals surface area contributed by atoms with Crippen molar-refractivity contribution in [3.05, 3.63) is 53.5 Å². The Bertz CT molecular complexity index is 897. The average Bonchev–Trinajstić information content (AvgIpc) is 3.29. The maximum absolute atomic E-state index is 12.1. The van der Waals surface area contributed by atoms with Gasteiger partial charge < -0.3 is 4.74 Å². The van der Waals surface area contributed by atoms with Crippen molar-refractivity contribution >= 4 is 11.8 Å². The fourth-order valence-electron chi connectivity index (χ4n) is 2.13. The van der Waals surface area contributed by atoms with Crippen molar-refractivity contribution in [1.82, 2.24) is 31.2 Å². The highest BCUT2D eigenvalue weighted by Gasteiger charge is 2.14. The second-order valence-corrected chi connectivity index (χ2v) is 5.24. The first kappa shape index (κ1) is 16.2. The maximum atomic E-state index is 12.1. The Kier molecular flexibility index (Phi) is 4.46. The van der Waals surface area contributed by atoms with Gasteiger partial charge in [-0.15, -0.1) is 0 Å². The van der Waals surface area contributed by atoms with E-state index < -0.39 is 11.8 Å². The molecule has 0 aliphatic carbocycles. The van der Waals surface area contributed by atoms with Crippen LogP contribution in [0, 0.1) is 6.92 Å². The molecule has 0 aliphatic heterocycles. The molecule has 2 aromatic heterocycles. The van der Waals surface area contributed by atoms with E-state index in [0.29, 0.717) is 5.69 Å². The highest BCUT2D eigenvalue weighted by molar-refractivity contribution is 5.97. The van der Waals surface area contributed by atoms with E-state index in [4.69, 9.17) is 4.74 Å². The van der Waals surface area contributed by atoms with E-state index in [0.717, 1.165) is 17.0 Å². The molecule has 9 heteroatoms. The van der Waals surface area contributed by atoms with Crippen LogP contribution in [0.25, 0.3) is 11.3 Å². The summed E-state index contributed by atoms with van der Waals surface area (Å²) in [5.41, 5.74) is 7.16. The van der Waals surface area contributed by atoms with Gasteiger partial charge in [0.1, 0.15) is 11.4 Å². The number of nitrogens with zero attached hydrogens (tertiary/aromatic N) is 2. The second-order valence-electron chi connectivity index (χ2n) is 5.24. The van der Waals surface area contributed by atoms with E-state index in [1.807, 2.05) is 12.1 Å². The first-order valence-corrected chi connectivity index (χ1v) is 7.39. The minimum absolute atomic E-state index is 0.182. The van der Waals surface area contributed by atoms with Crippen molar-refractivity contribution in [3.8, 4) is 17.0 Å². The van der Waals surface area contributed by atoms with Gasteiger partial charge in [-0.1, -0.05) is 0 Å². The molecule has 128 valence electrons. The standard InChI is InChI=1S/C16H16N6O3/c1-9-7-13(19-17-9)15(23)21-22-16(24)14-8-12(18-20-14)10-3-5-11(25-2)6-4-10/h3-8H,1-2H3,(H,17,19)(H,18,20)(H,21,23)(H,22,24). The number of aromatic nitrogens is 4. The number of carbonyl (C=O) groups excluding carboxylic acids is 2. The summed E-state index contributed by atoms with van der Waals surface area (Å²) in [6.07, 6.45) is 0. The lowest BCUT2D eigenvalue weighted by Gasteiger charge is -2.03. The first-order valence-electron chi connectivity index (χ1n) is 7.39. The van der Waals surface area contributed by atoms with Crippen molar-refractivity contribution in [3.63, 3.8) is 0 Å². The van der Waals surface area contributed by atoms with Gasteiger partial charge in [-0.2, -0.15) is 10.2 Å². The molecule has 4 N–H and O–H groups in total. The minimum atomic E-state index is -0.521. The van der Waals surface area contributed by atoms with Crippen LogP contribution in [0.4, 0.5) is 0 Å². The maximum Gasteiger partial charge on any atom is 0.290 e. The van der Waals surface area contributed by atoms with Crippen LogP contribution in [-0.4, -0.2) is 39.3 Å². The summed E-state index contributed by atoms with van der Waals surface area (Å²) in [6, 6.07) is 10.4. The molecule has 3 aromatic rings. The third-order valence-electron chi connectivity index (χ3n) is 3.44. The number of carbonyl (C=O) groups is 2. The van der Waals surface area contributed by atoms with Crippen molar-refractivity contribution in [2.75, 3.05) is 7.11 Å². The number of aromatic amines is 2. The molecule has 0 aliphatic rings. The molecule has 0 bridgehead atoms.